The number of ether oxygens (including phenoxy) is 2. The highest BCUT2D eigenvalue weighted by Crippen LogP contribution is 2.36. The number of amides is 1. The van der Waals surface area contributed by atoms with Gasteiger partial charge in [0.05, 0.1) is 22.5 Å². The molecule has 0 unspecified atom stereocenters. The number of fused-ring (bicyclic) bond motifs is 3. The van der Waals surface area contributed by atoms with E-state index in [1.807, 2.05) is 34.9 Å². The molecule has 0 saturated carbocycles. The van der Waals surface area contributed by atoms with E-state index in [9.17, 15) is 4.79 Å². The number of pyridine rings is 1. The van der Waals surface area contributed by atoms with Crippen LogP contribution < -0.4 is 14.3 Å². The molecule has 1 aliphatic heterocycles. The summed E-state index contributed by atoms with van der Waals surface area (Å²) in [5, 5.41) is 0. The number of aromatic nitrogens is 3. The second kappa shape index (κ2) is 6.25. The number of carbonyl (C=O) groups excluding carboxylic acids is 1. The van der Waals surface area contributed by atoms with E-state index in [1.165, 1.54) is 11.3 Å². The topological polar surface area (TPSA) is 70.1 Å². The molecule has 1 amide bonds. The van der Waals surface area contributed by atoms with Crippen molar-refractivity contribution in [3.8, 4) is 23.8 Å². The van der Waals surface area contributed by atoms with Crippen LogP contribution in [0.15, 0.2) is 41.5 Å². The number of benzene rings is 1. The summed E-state index contributed by atoms with van der Waals surface area (Å²) in [4.78, 5) is 22.3. The summed E-state index contributed by atoms with van der Waals surface area (Å²) in [6.45, 7) is 2.29. The molecule has 0 radical (unpaired) electrons. The maximum absolute atomic E-state index is 13.0. The van der Waals surface area contributed by atoms with Crippen LogP contribution in [0.2, 0.25) is 0 Å². The highest BCUT2D eigenvalue weighted by molar-refractivity contribution is 7.16. The van der Waals surface area contributed by atoms with Gasteiger partial charge in [0.2, 0.25) is 6.79 Å². The van der Waals surface area contributed by atoms with Crippen LogP contribution in [0.25, 0.3) is 15.9 Å². The Morgan fingerprint density at radius 2 is 2.18 bits per heavy atom. The second-order valence-electron chi connectivity index (χ2n) is 6.24. The van der Waals surface area contributed by atoms with E-state index in [-0.39, 0.29) is 19.2 Å². The van der Waals surface area contributed by atoms with Crippen molar-refractivity contribution in [2.45, 2.75) is 13.5 Å². The number of hydrogen-bond acceptors (Lipinski definition) is 5. The zero-order valence-corrected chi connectivity index (χ0v) is 15.7. The first-order valence-corrected chi connectivity index (χ1v) is 9.36. The van der Waals surface area contributed by atoms with Crippen LogP contribution in [0, 0.1) is 19.3 Å². The molecule has 138 valence electrons. The Kier molecular flexibility index (Phi) is 3.70. The van der Waals surface area contributed by atoms with E-state index in [0.29, 0.717) is 33.3 Å². The molecule has 0 saturated heterocycles. The lowest BCUT2D eigenvalue weighted by Gasteiger charge is -2.01. The predicted octanol–water partition coefficient (Wildman–Crippen LogP) is 2.76. The number of nitrogens with zero attached hydrogens (tertiary/aromatic N) is 4. The van der Waals surface area contributed by atoms with Gasteiger partial charge in [0.1, 0.15) is 11.3 Å². The monoisotopic (exact) mass is 390 g/mol. The lowest BCUT2D eigenvalue weighted by Crippen LogP contribution is -2.17. The highest BCUT2D eigenvalue weighted by Gasteiger charge is 2.19. The van der Waals surface area contributed by atoms with Gasteiger partial charge in [-0.3, -0.25) is 9.20 Å². The minimum Gasteiger partial charge on any atom is -0.454 e. The summed E-state index contributed by atoms with van der Waals surface area (Å²) in [5.74, 6) is 3.60. The smallest absolute Gasteiger partial charge is 0.298 e. The highest BCUT2D eigenvalue weighted by atomic mass is 32.1. The third-order valence-electron chi connectivity index (χ3n) is 4.53. The molecule has 4 heterocycles. The van der Waals surface area contributed by atoms with Gasteiger partial charge < -0.3 is 14.0 Å². The van der Waals surface area contributed by atoms with Gasteiger partial charge in [-0.25, -0.2) is 4.98 Å². The van der Waals surface area contributed by atoms with Crippen LogP contribution in [0.4, 0.5) is 0 Å². The van der Waals surface area contributed by atoms with Gasteiger partial charge in [0.25, 0.3) is 5.91 Å². The van der Waals surface area contributed by atoms with E-state index >= 15 is 0 Å². The summed E-state index contributed by atoms with van der Waals surface area (Å²) < 4.78 is 15.4. The molecule has 0 spiro atoms. The van der Waals surface area contributed by atoms with E-state index in [1.54, 1.807) is 17.5 Å². The molecule has 4 aromatic rings. The fourth-order valence-corrected chi connectivity index (χ4v) is 4.34. The number of hydrogen-bond donors (Lipinski definition) is 0. The summed E-state index contributed by atoms with van der Waals surface area (Å²) in [6, 6.07) is 9.34. The quantitative estimate of drug-likeness (QED) is 0.494. The molecular weight excluding hydrogens is 376 g/mol. The standard InChI is InChI=1S/C20H14N4O3S/c1-3-7-23-13-9-14-15(27-11-26-14)10-16(13)28-20(23)22-19(25)18-12(2)21-17-6-4-5-8-24(17)18/h1,4-6,8-10H,7,11H2,2H3. The van der Waals surface area contributed by atoms with Crippen molar-refractivity contribution in [1.82, 2.24) is 14.0 Å². The molecule has 3 aromatic heterocycles. The van der Waals surface area contributed by atoms with Gasteiger partial charge in [-0.05, 0) is 19.1 Å². The van der Waals surface area contributed by atoms with Gasteiger partial charge in [0.15, 0.2) is 16.3 Å². The number of terminal acetylenes is 1. The average Bonchev–Trinajstić information content (AvgIpc) is 3.35. The molecule has 0 fully saturated rings. The van der Waals surface area contributed by atoms with Crippen molar-refractivity contribution in [3.05, 3.63) is 52.7 Å². The van der Waals surface area contributed by atoms with Crippen LogP contribution in [0.1, 0.15) is 16.2 Å². The Hall–Kier alpha value is -3.57. The molecule has 1 aliphatic rings. The summed E-state index contributed by atoms with van der Waals surface area (Å²) in [5.41, 5.74) is 2.63. The third-order valence-corrected chi connectivity index (χ3v) is 5.57. The van der Waals surface area contributed by atoms with Crippen molar-refractivity contribution in [2.75, 3.05) is 6.79 Å². The number of thiazole rings is 1. The van der Waals surface area contributed by atoms with Crippen molar-refractivity contribution < 1.29 is 14.3 Å². The maximum atomic E-state index is 13.0. The Balaban J connectivity index is 1.70. The number of carbonyl (C=O) groups is 1. The molecule has 1 aromatic carbocycles. The van der Waals surface area contributed by atoms with E-state index in [0.717, 1.165) is 10.2 Å². The van der Waals surface area contributed by atoms with E-state index in [4.69, 9.17) is 15.9 Å². The van der Waals surface area contributed by atoms with Crippen LogP contribution in [0.5, 0.6) is 11.5 Å². The lowest BCUT2D eigenvalue weighted by molar-refractivity contribution is 0.0991. The Labute approximate surface area is 163 Å². The van der Waals surface area contributed by atoms with Crippen molar-refractivity contribution in [3.63, 3.8) is 0 Å². The molecule has 0 N–H and O–H groups in total. The summed E-state index contributed by atoms with van der Waals surface area (Å²) in [6.07, 6.45) is 7.36. The molecule has 0 atom stereocenters. The lowest BCUT2D eigenvalue weighted by atomic mass is 10.3. The molecule has 28 heavy (non-hydrogen) atoms. The average molecular weight is 390 g/mol. The van der Waals surface area contributed by atoms with Gasteiger partial charge in [-0.1, -0.05) is 23.3 Å². The van der Waals surface area contributed by atoms with Gasteiger partial charge in [-0.15, -0.1) is 6.42 Å². The number of rotatable bonds is 2. The van der Waals surface area contributed by atoms with Crippen LogP contribution >= 0.6 is 11.3 Å². The first kappa shape index (κ1) is 16.6. The minimum atomic E-state index is -0.367. The Bertz CT molecular complexity index is 1370. The fraction of sp³-hybridized carbons (Fsp3) is 0.150. The fourth-order valence-electron chi connectivity index (χ4n) is 3.30. The third kappa shape index (κ3) is 2.48. The van der Waals surface area contributed by atoms with Gasteiger partial charge >= 0.3 is 0 Å². The molecule has 5 rings (SSSR count). The normalized spacial score (nSPS) is 13.4. The molecule has 7 nitrogen and oxygen atoms in total. The maximum Gasteiger partial charge on any atom is 0.298 e. The molecule has 8 heteroatoms. The molecular formula is C20H14N4O3S. The zero-order valence-electron chi connectivity index (χ0n) is 14.9. The molecule has 0 bridgehead atoms. The van der Waals surface area contributed by atoms with Gasteiger partial charge in [0, 0.05) is 18.3 Å². The number of imidazole rings is 1. The zero-order chi connectivity index (χ0) is 19.3. The van der Waals surface area contributed by atoms with Crippen molar-refractivity contribution >= 4 is 33.1 Å². The Morgan fingerprint density at radius 1 is 1.36 bits per heavy atom. The molecule has 0 aliphatic carbocycles. The number of aryl methyl sites for hydroxylation is 1. The Morgan fingerprint density at radius 3 is 3.00 bits per heavy atom. The van der Waals surface area contributed by atoms with Crippen LogP contribution in [-0.4, -0.2) is 26.7 Å². The first-order valence-electron chi connectivity index (χ1n) is 8.55. The van der Waals surface area contributed by atoms with Crippen molar-refractivity contribution in [1.29, 1.82) is 0 Å². The van der Waals surface area contributed by atoms with Gasteiger partial charge in [-0.2, -0.15) is 4.99 Å². The SMILES string of the molecule is C#CCn1c(=NC(=O)c2c(C)nc3ccccn23)sc2cc3c(cc21)OCO3. The minimum absolute atomic E-state index is 0.199. The van der Waals surface area contributed by atoms with Crippen LogP contribution in [-0.2, 0) is 6.54 Å². The van der Waals surface area contributed by atoms with E-state index in [2.05, 4.69) is 15.9 Å². The van der Waals surface area contributed by atoms with E-state index < -0.39 is 0 Å². The summed E-state index contributed by atoms with van der Waals surface area (Å²) >= 11 is 1.38. The first-order chi connectivity index (χ1) is 13.7. The van der Waals surface area contributed by atoms with Crippen molar-refractivity contribution in [2.24, 2.45) is 4.99 Å². The summed E-state index contributed by atoms with van der Waals surface area (Å²) in [7, 11) is 0. The van der Waals surface area contributed by atoms with Crippen LogP contribution in [0.3, 0.4) is 0 Å². The largest absolute Gasteiger partial charge is 0.454 e. The second-order valence-corrected chi connectivity index (χ2v) is 7.25. The predicted molar refractivity (Wildman–Crippen MR) is 105 cm³/mol.